The van der Waals surface area contributed by atoms with Gasteiger partial charge in [0.1, 0.15) is 10.6 Å². The predicted molar refractivity (Wildman–Crippen MR) is 110 cm³/mol. The zero-order valence-corrected chi connectivity index (χ0v) is 18.0. The molecule has 1 fully saturated rings. The number of aromatic nitrogens is 1. The third-order valence-electron chi connectivity index (χ3n) is 5.61. The van der Waals surface area contributed by atoms with Gasteiger partial charge in [0.25, 0.3) is 0 Å². The summed E-state index contributed by atoms with van der Waals surface area (Å²) >= 11 is 0. The Hall–Kier alpha value is -2.19. The topological polar surface area (TPSA) is 92.5 Å². The highest BCUT2D eigenvalue weighted by Crippen LogP contribution is 2.28. The second-order valence-electron chi connectivity index (χ2n) is 7.62. The lowest BCUT2D eigenvalue weighted by Crippen LogP contribution is -2.46. The van der Waals surface area contributed by atoms with E-state index in [0.717, 1.165) is 6.42 Å². The molecule has 8 heteroatoms. The molecule has 1 aliphatic rings. The Morgan fingerprint density at radius 3 is 2.66 bits per heavy atom. The van der Waals surface area contributed by atoms with Crippen LogP contribution in [0.25, 0.3) is 0 Å². The first kappa shape index (κ1) is 21.5. The zero-order chi connectivity index (χ0) is 21.0. The van der Waals surface area contributed by atoms with Crippen molar-refractivity contribution in [3.8, 4) is 0 Å². The van der Waals surface area contributed by atoms with Crippen molar-refractivity contribution in [3.63, 3.8) is 0 Å². The molecule has 0 spiro atoms. The number of rotatable bonds is 7. The van der Waals surface area contributed by atoms with Crippen molar-refractivity contribution in [2.75, 3.05) is 19.6 Å². The average molecular weight is 420 g/mol. The highest BCUT2D eigenvalue weighted by Gasteiger charge is 2.36. The van der Waals surface area contributed by atoms with E-state index in [1.54, 1.807) is 13.8 Å². The van der Waals surface area contributed by atoms with Gasteiger partial charge in [-0.3, -0.25) is 4.79 Å². The van der Waals surface area contributed by atoms with E-state index >= 15 is 0 Å². The number of sulfonamides is 1. The molecule has 29 heavy (non-hydrogen) atoms. The Balaban J connectivity index is 1.65. The SMILES string of the molecule is CCC(CNC(=O)C1CCCN(S(=O)(=O)c2c(C)noc2C)C1)c1ccccc1. The first-order valence-corrected chi connectivity index (χ1v) is 11.5. The lowest BCUT2D eigenvalue weighted by atomic mass is 9.95. The fraction of sp³-hybridized carbons (Fsp3) is 0.524. The quantitative estimate of drug-likeness (QED) is 0.745. The standard InChI is InChI=1S/C21H29N3O4S/c1-4-17(18-9-6-5-7-10-18)13-22-21(25)19-11-8-12-24(14-19)29(26,27)20-15(2)23-28-16(20)3/h5-7,9-10,17,19H,4,8,11-14H2,1-3H3,(H,22,25). The van der Waals surface area contributed by atoms with Crippen LogP contribution in [0, 0.1) is 19.8 Å². The van der Waals surface area contributed by atoms with Gasteiger partial charge in [-0.05, 0) is 38.7 Å². The largest absolute Gasteiger partial charge is 0.360 e. The molecule has 2 unspecified atom stereocenters. The summed E-state index contributed by atoms with van der Waals surface area (Å²) in [7, 11) is -3.73. The molecule has 3 rings (SSSR count). The van der Waals surface area contributed by atoms with Crippen LogP contribution in [0.15, 0.2) is 39.8 Å². The van der Waals surface area contributed by atoms with Gasteiger partial charge in [-0.1, -0.05) is 42.4 Å². The Kier molecular flexibility index (Phi) is 6.74. The van der Waals surface area contributed by atoms with Crippen molar-refractivity contribution in [2.24, 2.45) is 5.92 Å². The molecule has 0 bridgehead atoms. The molecular formula is C21H29N3O4S. The van der Waals surface area contributed by atoms with Crippen molar-refractivity contribution >= 4 is 15.9 Å². The Bertz CT molecular complexity index is 921. The highest BCUT2D eigenvalue weighted by atomic mass is 32.2. The lowest BCUT2D eigenvalue weighted by Gasteiger charge is -2.31. The van der Waals surface area contributed by atoms with Gasteiger partial charge < -0.3 is 9.84 Å². The van der Waals surface area contributed by atoms with Crippen LogP contribution in [0.3, 0.4) is 0 Å². The molecule has 0 saturated carbocycles. The first-order valence-electron chi connectivity index (χ1n) is 10.1. The predicted octanol–water partition coefficient (Wildman–Crippen LogP) is 3.00. The fourth-order valence-corrected chi connectivity index (χ4v) is 5.75. The van der Waals surface area contributed by atoms with E-state index < -0.39 is 10.0 Å². The summed E-state index contributed by atoms with van der Waals surface area (Å²) in [6.07, 6.45) is 2.25. The molecule has 2 aromatic rings. The van der Waals surface area contributed by atoms with E-state index in [4.69, 9.17) is 4.52 Å². The smallest absolute Gasteiger partial charge is 0.248 e. The van der Waals surface area contributed by atoms with Crippen LogP contribution in [0.4, 0.5) is 0 Å². The number of amides is 1. The van der Waals surface area contributed by atoms with Gasteiger partial charge in [-0.15, -0.1) is 0 Å². The van der Waals surface area contributed by atoms with Crippen LogP contribution in [0.5, 0.6) is 0 Å². The summed E-state index contributed by atoms with van der Waals surface area (Å²) in [4.78, 5) is 12.9. The number of carbonyl (C=O) groups excluding carboxylic acids is 1. The molecule has 7 nitrogen and oxygen atoms in total. The van der Waals surface area contributed by atoms with Crippen LogP contribution in [0.1, 0.15) is 49.1 Å². The number of carbonyl (C=O) groups is 1. The van der Waals surface area contributed by atoms with E-state index in [-0.39, 0.29) is 34.9 Å². The molecule has 1 saturated heterocycles. The fourth-order valence-electron chi connectivity index (χ4n) is 3.94. The number of hydrogen-bond acceptors (Lipinski definition) is 5. The number of hydrogen-bond donors (Lipinski definition) is 1. The first-order chi connectivity index (χ1) is 13.8. The molecule has 158 valence electrons. The zero-order valence-electron chi connectivity index (χ0n) is 17.2. The Labute approximate surface area is 172 Å². The van der Waals surface area contributed by atoms with Crippen molar-refractivity contribution in [1.29, 1.82) is 0 Å². The van der Waals surface area contributed by atoms with Gasteiger partial charge in [0.2, 0.25) is 15.9 Å². The summed E-state index contributed by atoms with van der Waals surface area (Å²) < 4.78 is 32.5. The van der Waals surface area contributed by atoms with Crippen LogP contribution >= 0.6 is 0 Å². The molecule has 2 atom stereocenters. The van der Waals surface area contributed by atoms with Crippen molar-refractivity contribution in [2.45, 2.75) is 50.8 Å². The normalized spacial score (nSPS) is 19.1. The highest BCUT2D eigenvalue weighted by molar-refractivity contribution is 7.89. The lowest BCUT2D eigenvalue weighted by molar-refractivity contribution is -0.126. The van der Waals surface area contributed by atoms with Gasteiger partial charge >= 0.3 is 0 Å². The van der Waals surface area contributed by atoms with Crippen LogP contribution in [0.2, 0.25) is 0 Å². The molecular weight excluding hydrogens is 390 g/mol. The van der Waals surface area contributed by atoms with E-state index in [2.05, 4.69) is 29.5 Å². The minimum atomic E-state index is -3.73. The van der Waals surface area contributed by atoms with Crippen LogP contribution in [-0.4, -0.2) is 43.4 Å². The molecule has 1 N–H and O–H groups in total. The maximum Gasteiger partial charge on any atom is 0.248 e. The van der Waals surface area contributed by atoms with E-state index in [1.165, 1.54) is 9.87 Å². The second kappa shape index (κ2) is 9.09. The van der Waals surface area contributed by atoms with Crippen LogP contribution in [-0.2, 0) is 14.8 Å². The summed E-state index contributed by atoms with van der Waals surface area (Å²) in [6.45, 7) is 6.44. The minimum absolute atomic E-state index is 0.0851. The van der Waals surface area contributed by atoms with Gasteiger partial charge in [0.15, 0.2) is 5.76 Å². The molecule has 1 aliphatic heterocycles. The Morgan fingerprint density at radius 2 is 2.03 bits per heavy atom. The molecule has 1 aromatic heterocycles. The molecule has 0 aliphatic carbocycles. The molecule has 1 amide bonds. The summed E-state index contributed by atoms with van der Waals surface area (Å²) in [6, 6.07) is 10.1. The van der Waals surface area contributed by atoms with Gasteiger partial charge in [-0.25, -0.2) is 8.42 Å². The average Bonchev–Trinajstić information content (AvgIpc) is 3.08. The number of nitrogens with one attached hydrogen (secondary N) is 1. The third-order valence-corrected chi connectivity index (χ3v) is 7.72. The number of nitrogens with zero attached hydrogens (tertiary/aromatic N) is 2. The molecule has 2 heterocycles. The maximum atomic E-state index is 13.0. The summed E-state index contributed by atoms with van der Waals surface area (Å²) in [5.41, 5.74) is 1.55. The van der Waals surface area contributed by atoms with E-state index in [1.807, 2.05) is 18.2 Å². The number of aryl methyl sites for hydroxylation is 2. The van der Waals surface area contributed by atoms with Crippen molar-refractivity contribution in [3.05, 3.63) is 47.3 Å². The van der Waals surface area contributed by atoms with Crippen molar-refractivity contribution in [1.82, 2.24) is 14.8 Å². The minimum Gasteiger partial charge on any atom is -0.360 e. The summed E-state index contributed by atoms with van der Waals surface area (Å²) in [5, 5.41) is 6.80. The Morgan fingerprint density at radius 1 is 1.31 bits per heavy atom. The van der Waals surface area contributed by atoms with E-state index in [9.17, 15) is 13.2 Å². The van der Waals surface area contributed by atoms with Crippen LogP contribution < -0.4 is 5.32 Å². The maximum absolute atomic E-state index is 13.0. The number of benzene rings is 1. The van der Waals surface area contributed by atoms with Gasteiger partial charge in [-0.2, -0.15) is 4.31 Å². The van der Waals surface area contributed by atoms with Gasteiger partial charge in [0.05, 0.1) is 5.92 Å². The second-order valence-corrected chi connectivity index (χ2v) is 9.49. The molecule has 0 radical (unpaired) electrons. The van der Waals surface area contributed by atoms with Gasteiger partial charge in [0, 0.05) is 25.6 Å². The summed E-state index contributed by atoms with van der Waals surface area (Å²) in [5.74, 6) is 0.0823. The third kappa shape index (κ3) is 4.70. The molecule has 1 aromatic carbocycles. The van der Waals surface area contributed by atoms with E-state index in [0.29, 0.717) is 31.6 Å². The monoisotopic (exact) mass is 419 g/mol. The number of piperidine rings is 1. The van der Waals surface area contributed by atoms with Crippen molar-refractivity contribution < 1.29 is 17.7 Å².